The highest BCUT2D eigenvalue weighted by Gasteiger charge is 2.19. The first-order chi connectivity index (χ1) is 7.79. The smallest absolute Gasteiger partial charge is 0.410 e. The number of aliphatic hydroxyl groups is 1. The number of hydrogen-bond acceptors (Lipinski definition) is 3. The molecule has 0 aromatic heterocycles. The van der Waals surface area contributed by atoms with Crippen LogP contribution in [0.1, 0.15) is 17.5 Å². The van der Waals surface area contributed by atoms with Crippen LogP contribution >= 0.6 is 0 Å². The third kappa shape index (κ3) is 2.52. The minimum absolute atomic E-state index is 0.0477. The zero-order valence-electron chi connectivity index (χ0n) is 9.06. The van der Waals surface area contributed by atoms with Crippen molar-refractivity contribution in [2.24, 2.45) is 0 Å². The predicted molar refractivity (Wildman–Crippen MR) is 58.7 cm³/mol. The van der Waals surface area contributed by atoms with E-state index in [4.69, 9.17) is 9.84 Å². The van der Waals surface area contributed by atoms with E-state index in [1.807, 2.05) is 24.3 Å². The Kier molecular flexibility index (Phi) is 3.41. The number of aliphatic hydroxyl groups excluding tert-OH is 1. The summed E-state index contributed by atoms with van der Waals surface area (Å²) >= 11 is 0. The van der Waals surface area contributed by atoms with Gasteiger partial charge in [-0.05, 0) is 17.5 Å². The predicted octanol–water partition coefficient (Wildman–Crippen LogP) is 1.52. The maximum absolute atomic E-state index is 11.4. The number of amides is 1. The summed E-state index contributed by atoms with van der Waals surface area (Å²) in [5.41, 5.74) is 1.93. The first-order valence-electron chi connectivity index (χ1n) is 5.40. The van der Waals surface area contributed by atoms with Crippen LogP contribution in [0.5, 0.6) is 0 Å². The molecule has 1 aliphatic heterocycles. The van der Waals surface area contributed by atoms with E-state index in [0.717, 1.165) is 24.1 Å². The van der Waals surface area contributed by atoms with Gasteiger partial charge in [-0.1, -0.05) is 24.3 Å². The van der Waals surface area contributed by atoms with Gasteiger partial charge in [-0.2, -0.15) is 0 Å². The van der Waals surface area contributed by atoms with Crippen molar-refractivity contribution in [1.29, 1.82) is 0 Å². The molecule has 1 amide bonds. The van der Waals surface area contributed by atoms with Crippen molar-refractivity contribution in [3.8, 4) is 0 Å². The number of carbonyl (C=O) groups is 1. The summed E-state index contributed by atoms with van der Waals surface area (Å²) in [6.45, 7) is 1.90. The molecular weight excluding hydrogens is 206 g/mol. The number of nitrogens with zero attached hydrogens (tertiary/aromatic N) is 1. The number of rotatable bonds is 3. The minimum atomic E-state index is -0.238. The average Bonchev–Trinajstić information content (AvgIpc) is 2.33. The van der Waals surface area contributed by atoms with Crippen molar-refractivity contribution >= 4 is 6.09 Å². The second-order valence-electron chi connectivity index (χ2n) is 3.86. The summed E-state index contributed by atoms with van der Waals surface area (Å²) in [4.78, 5) is 13.1. The van der Waals surface area contributed by atoms with Crippen molar-refractivity contribution < 1.29 is 14.6 Å². The quantitative estimate of drug-likeness (QED) is 0.842. The molecule has 1 N–H and O–H groups in total. The highest BCUT2D eigenvalue weighted by Crippen LogP contribution is 2.11. The molecule has 86 valence electrons. The van der Waals surface area contributed by atoms with Gasteiger partial charge in [0.05, 0.1) is 13.2 Å². The fourth-order valence-corrected chi connectivity index (χ4v) is 1.71. The summed E-state index contributed by atoms with van der Waals surface area (Å²) in [6, 6.07) is 7.58. The van der Waals surface area contributed by atoms with Crippen LogP contribution in [0.2, 0.25) is 0 Å². The first-order valence-corrected chi connectivity index (χ1v) is 5.40. The molecule has 0 atom stereocenters. The van der Waals surface area contributed by atoms with Crippen molar-refractivity contribution in [2.45, 2.75) is 19.6 Å². The van der Waals surface area contributed by atoms with Gasteiger partial charge in [0.15, 0.2) is 0 Å². The largest absolute Gasteiger partial charge is 0.449 e. The Hall–Kier alpha value is -1.55. The summed E-state index contributed by atoms with van der Waals surface area (Å²) in [5, 5.41) is 8.91. The zero-order chi connectivity index (χ0) is 11.4. The molecule has 1 heterocycles. The Labute approximate surface area is 94.4 Å². The average molecular weight is 221 g/mol. The Morgan fingerprint density at radius 2 is 1.94 bits per heavy atom. The lowest BCUT2D eigenvalue weighted by molar-refractivity contribution is 0.0700. The molecule has 1 fully saturated rings. The monoisotopic (exact) mass is 221 g/mol. The molecular formula is C12H15NO3. The third-order valence-corrected chi connectivity index (χ3v) is 2.64. The van der Waals surface area contributed by atoms with Crippen molar-refractivity contribution in [3.05, 3.63) is 35.4 Å². The normalized spacial score (nSPS) is 16.1. The van der Waals surface area contributed by atoms with Crippen molar-refractivity contribution in [3.63, 3.8) is 0 Å². The summed E-state index contributed by atoms with van der Waals surface area (Å²) in [6.07, 6.45) is 0.651. The van der Waals surface area contributed by atoms with Crippen molar-refractivity contribution in [1.82, 2.24) is 4.90 Å². The number of ether oxygens (including phenoxy) is 1. The van der Waals surface area contributed by atoms with Gasteiger partial charge in [0, 0.05) is 13.1 Å². The lowest BCUT2D eigenvalue weighted by Crippen LogP contribution is -2.37. The van der Waals surface area contributed by atoms with Crippen LogP contribution in [-0.4, -0.2) is 29.3 Å². The molecule has 0 radical (unpaired) electrons. The molecule has 1 saturated heterocycles. The van der Waals surface area contributed by atoms with Gasteiger partial charge in [0.25, 0.3) is 0 Å². The van der Waals surface area contributed by atoms with E-state index < -0.39 is 0 Å². The van der Waals surface area contributed by atoms with Gasteiger partial charge in [-0.3, -0.25) is 0 Å². The summed E-state index contributed by atoms with van der Waals surface area (Å²) in [7, 11) is 0. The van der Waals surface area contributed by atoms with E-state index in [-0.39, 0.29) is 12.7 Å². The van der Waals surface area contributed by atoms with Gasteiger partial charge >= 0.3 is 6.09 Å². The van der Waals surface area contributed by atoms with Crippen LogP contribution in [0.25, 0.3) is 0 Å². The molecule has 0 spiro atoms. The second-order valence-corrected chi connectivity index (χ2v) is 3.86. The van der Waals surface area contributed by atoms with Crippen LogP contribution < -0.4 is 0 Å². The maximum Gasteiger partial charge on any atom is 0.410 e. The molecule has 4 heteroatoms. The molecule has 4 nitrogen and oxygen atoms in total. The Morgan fingerprint density at radius 1 is 1.25 bits per heavy atom. The highest BCUT2D eigenvalue weighted by atomic mass is 16.6. The Balaban J connectivity index is 1.99. The maximum atomic E-state index is 11.4. The summed E-state index contributed by atoms with van der Waals surface area (Å²) < 4.78 is 4.95. The van der Waals surface area contributed by atoms with Gasteiger partial charge in [-0.15, -0.1) is 0 Å². The van der Waals surface area contributed by atoms with E-state index in [2.05, 4.69) is 0 Å². The van der Waals surface area contributed by atoms with Gasteiger partial charge in [0.1, 0.15) is 0 Å². The van der Waals surface area contributed by atoms with E-state index in [1.165, 1.54) is 0 Å². The zero-order valence-corrected chi connectivity index (χ0v) is 9.06. The van der Waals surface area contributed by atoms with Gasteiger partial charge < -0.3 is 14.7 Å². The standard InChI is InChI=1S/C12H15NO3/c14-9-11-4-2-10(3-5-11)8-13-6-1-7-16-12(13)15/h2-5,14H,1,6-9H2. The number of cyclic esters (lactones) is 1. The van der Waals surface area contributed by atoms with Crippen LogP contribution in [0.15, 0.2) is 24.3 Å². The SMILES string of the molecule is O=C1OCCCN1Cc1ccc(CO)cc1. The molecule has 2 rings (SSSR count). The van der Waals surface area contributed by atoms with E-state index in [0.29, 0.717) is 13.2 Å². The minimum Gasteiger partial charge on any atom is -0.449 e. The lowest BCUT2D eigenvalue weighted by Gasteiger charge is -2.26. The third-order valence-electron chi connectivity index (χ3n) is 2.64. The van der Waals surface area contributed by atoms with Crippen molar-refractivity contribution in [2.75, 3.05) is 13.2 Å². The molecule has 16 heavy (non-hydrogen) atoms. The number of carbonyl (C=O) groups excluding carboxylic acids is 1. The highest BCUT2D eigenvalue weighted by molar-refractivity contribution is 5.68. The van der Waals surface area contributed by atoms with Crippen LogP contribution in [0.3, 0.4) is 0 Å². The fraction of sp³-hybridized carbons (Fsp3) is 0.417. The Bertz CT molecular complexity index is 361. The Morgan fingerprint density at radius 3 is 2.56 bits per heavy atom. The summed E-state index contributed by atoms with van der Waals surface area (Å²) in [5.74, 6) is 0. The number of hydrogen-bond donors (Lipinski definition) is 1. The topological polar surface area (TPSA) is 49.8 Å². The molecule has 0 saturated carbocycles. The molecule has 0 aliphatic carbocycles. The fourth-order valence-electron chi connectivity index (χ4n) is 1.71. The van der Waals surface area contributed by atoms with Gasteiger partial charge in [-0.25, -0.2) is 4.79 Å². The molecule has 1 aromatic carbocycles. The molecule has 0 bridgehead atoms. The van der Waals surface area contributed by atoms with Gasteiger partial charge in [0.2, 0.25) is 0 Å². The lowest BCUT2D eigenvalue weighted by atomic mass is 10.1. The molecule has 1 aliphatic rings. The molecule has 1 aromatic rings. The van der Waals surface area contributed by atoms with Crippen LogP contribution in [0, 0.1) is 0 Å². The molecule has 0 unspecified atom stereocenters. The van der Waals surface area contributed by atoms with Crippen LogP contribution in [0.4, 0.5) is 4.79 Å². The van der Waals surface area contributed by atoms with Crippen LogP contribution in [-0.2, 0) is 17.9 Å². The van der Waals surface area contributed by atoms with E-state index in [1.54, 1.807) is 4.90 Å². The second kappa shape index (κ2) is 4.99. The van der Waals surface area contributed by atoms with E-state index >= 15 is 0 Å². The number of benzene rings is 1. The van der Waals surface area contributed by atoms with E-state index in [9.17, 15) is 4.79 Å². The first kappa shape index (κ1) is 11.0.